The van der Waals surface area contributed by atoms with Crippen LogP contribution in [0.3, 0.4) is 0 Å². The summed E-state index contributed by atoms with van der Waals surface area (Å²) >= 11 is 7.38. The third-order valence-corrected chi connectivity index (χ3v) is 7.17. The number of piperazine rings is 1. The molecule has 0 radical (unpaired) electrons. The molecule has 2 amide bonds. The number of hydrogen-bond acceptors (Lipinski definition) is 3. The van der Waals surface area contributed by atoms with Gasteiger partial charge in [0.05, 0.1) is 10.9 Å². The van der Waals surface area contributed by atoms with E-state index in [0.29, 0.717) is 33.4 Å². The molecule has 3 aromatic rings. The molecule has 1 atom stereocenters. The molecule has 2 aliphatic heterocycles. The highest BCUT2D eigenvalue weighted by Gasteiger charge is 2.39. The summed E-state index contributed by atoms with van der Waals surface area (Å²) in [5.74, 6) is -2.19. The second kappa shape index (κ2) is 7.73. The Kier molecular flexibility index (Phi) is 5.02. The van der Waals surface area contributed by atoms with E-state index in [1.165, 1.54) is 17.4 Å². The Morgan fingerprint density at radius 3 is 2.71 bits per heavy atom. The van der Waals surface area contributed by atoms with Crippen LogP contribution in [0.5, 0.6) is 0 Å². The lowest BCUT2D eigenvalue weighted by Crippen LogP contribution is -2.55. The molecule has 1 unspecified atom stereocenters. The highest BCUT2D eigenvalue weighted by molar-refractivity contribution is 7.17. The first-order valence-corrected chi connectivity index (χ1v) is 11.0. The van der Waals surface area contributed by atoms with Crippen molar-refractivity contribution in [1.29, 1.82) is 0 Å². The molecule has 1 aromatic heterocycles. The van der Waals surface area contributed by atoms with Gasteiger partial charge in [-0.05, 0) is 59.5 Å². The second-order valence-corrected chi connectivity index (χ2v) is 9.19. The zero-order valence-electron chi connectivity index (χ0n) is 16.3. The van der Waals surface area contributed by atoms with Gasteiger partial charge in [0.2, 0.25) is 5.91 Å². The molecule has 2 aromatic carbocycles. The van der Waals surface area contributed by atoms with Crippen LogP contribution in [0, 0.1) is 11.6 Å². The molecule has 8 heteroatoms. The van der Waals surface area contributed by atoms with Gasteiger partial charge in [0.15, 0.2) is 11.6 Å². The van der Waals surface area contributed by atoms with Crippen molar-refractivity contribution in [3.63, 3.8) is 0 Å². The average molecular weight is 459 g/mol. The quantitative estimate of drug-likeness (QED) is 0.546. The molecule has 1 saturated heterocycles. The van der Waals surface area contributed by atoms with E-state index >= 15 is 0 Å². The fourth-order valence-corrected chi connectivity index (χ4v) is 5.41. The highest BCUT2D eigenvalue weighted by atomic mass is 35.5. The summed E-state index contributed by atoms with van der Waals surface area (Å²) in [6, 6.07) is 12.5. The Morgan fingerprint density at radius 1 is 1.06 bits per heavy atom. The van der Waals surface area contributed by atoms with E-state index in [1.54, 1.807) is 17.0 Å². The van der Waals surface area contributed by atoms with Crippen LogP contribution in [0.15, 0.2) is 48.5 Å². The van der Waals surface area contributed by atoms with Crippen molar-refractivity contribution in [3.8, 4) is 10.4 Å². The molecular formula is C23H17ClF2N2O2S. The minimum Gasteiger partial charge on any atom is -0.332 e. The van der Waals surface area contributed by atoms with Crippen molar-refractivity contribution in [2.45, 2.75) is 12.5 Å². The van der Waals surface area contributed by atoms with Crippen molar-refractivity contribution in [2.24, 2.45) is 0 Å². The fourth-order valence-electron chi connectivity index (χ4n) is 4.26. The maximum absolute atomic E-state index is 13.6. The Hall–Kier alpha value is -2.77. The third kappa shape index (κ3) is 3.62. The monoisotopic (exact) mass is 458 g/mol. The summed E-state index contributed by atoms with van der Waals surface area (Å²) in [6.07, 6.45) is 0.769. The largest absolute Gasteiger partial charge is 0.332 e. The van der Waals surface area contributed by atoms with Gasteiger partial charge in [0, 0.05) is 23.0 Å². The first kappa shape index (κ1) is 20.2. The van der Waals surface area contributed by atoms with Gasteiger partial charge in [0.25, 0.3) is 5.91 Å². The first-order chi connectivity index (χ1) is 14.9. The lowest BCUT2D eigenvalue weighted by molar-refractivity contribution is -0.139. The topological polar surface area (TPSA) is 40.6 Å². The molecule has 4 nitrogen and oxygen atoms in total. The number of nitrogens with zero attached hydrogens (tertiary/aromatic N) is 2. The van der Waals surface area contributed by atoms with Crippen LogP contribution in [0.4, 0.5) is 8.78 Å². The van der Waals surface area contributed by atoms with Gasteiger partial charge in [-0.25, -0.2) is 8.78 Å². The number of amides is 2. The zero-order chi connectivity index (χ0) is 21.7. The minimum atomic E-state index is -0.935. The van der Waals surface area contributed by atoms with E-state index in [1.807, 2.05) is 23.1 Å². The summed E-state index contributed by atoms with van der Waals surface area (Å²) in [4.78, 5) is 30.4. The molecule has 0 aliphatic carbocycles. The van der Waals surface area contributed by atoms with E-state index in [2.05, 4.69) is 0 Å². The maximum Gasteiger partial charge on any atom is 0.264 e. The van der Waals surface area contributed by atoms with Gasteiger partial charge in [-0.2, -0.15) is 0 Å². The predicted octanol–water partition coefficient (Wildman–Crippen LogP) is 4.93. The number of thiophene rings is 1. The summed E-state index contributed by atoms with van der Waals surface area (Å²) in [6.45, 7) is 1.03. The third-order valence-electron chi connectivity index (χ3n) is 5.81. The molecule has 3 heterocycles. The number of fused-ring (bicyclic) bond motifs is 3. The molecule has 1 fully saturated rings. The van der Waals surface area contributed by atoms with Crippen molar-refractivity contribution in [3.05, 3.63) is 81.2 Å². The second-order valence-electron chi connectivity index (χ2n) is 7.67. The number of hydrogen-bond donors (Lipinski definition) is 0. The van der Waals surface area contributed by atoms with E-state index in [0.717, 1.165) is 29.7 Å². The number of rotatable bonds is 2. The molecular weight excluding hydrogens is 442 g/mol. The van der Waals surface area contributed by atoms with Crippen LogP contribution in [0.25, 0.3) is 10.4 Å². The zero-order valence-corrected chi connectivity index (χ0v) is 17.9. The van der Waals surface area contributed by atoms with E-state index < -0.39 is 11.6 Å². The molecule has 5 rings (SSSR count). The van der Waals surface area contributed by atoms with Gasteiger partial charge in [-0.3, -0.25) is 9.59 Å². The summed E-state index contributed by atoms with van der Waals surface area (Å²) in [5, 5.41) is 0.603. The van der Waals surface area contributed by atoms with Gasteiger partial charge >= 0.3 is 0 Å². The number of benzene rings is 2. The van der Waals surface area contributed by atoms with Crippen LogP contribution in [0.1, 0.15) is 26.8 Å². The van der Waals surface area contributed by atoms with Crippen LogP contribution < -0.4 is 0 Å². The van der Waals surface area contributed by atoms with Gasteiger partial charge in [-0.1, -0.05) is 23.7 Å². The number of carbonyl (C=O) groups excluding carboxylic acids is 2. The molecule has 0 N–H and O–H groups in total. The Labute approximate surface area is 186 Å². The van der Waals surface area contributed by atoms with Gasteiger partial charge in [0.1, 0.15) is 6.54 Å². The SMILES string of the molecule is O=C(c1ccc(-c2ccc(F)c(F)c2)s1)N1CC(=O)N2CCc3ccc(Cl)cc3C2C1. The highest BCUT2D eigenvalue weighted by Crippen LogP contribution is 2.36. The lowest BCUT2D eigenvalue weighted by atomic mass is 9.90. The lowest BCUT2D eigenvalue weighted by Gasteiger charge is -2.44. The normalized spacial score (nSPS) is 18.0. The first-order valence-electron chi connectivity index (χ1n) is 9.83. The van der Waals surface area contributed by atoms with E-state index in [-0.39, 0.29) is 24.4 Å². The van der Waals surface area contributed by atoms with Crippen molar-refractivity contribution >= 4 is 34.8 Å². The van der Waals surface area contributed by atoms with E-state index in [9.17, 15) is 18.4 Å². The molecule has 0 bridgehead atoms. The summed E-state index contributed by atoms with van der Waals surface area (Å²) in [7, 11) is 0. The Morgan fingerprint density at radius 2 is 1.90 bits per heavy atom. The van der Waals surface area contributed by atoms with Crippen molar-refractivity contribution in [2.75, 3.05) is 19.6 Å². The molecule has 2 aliphatic rings. The minimum absolute atomic E-state index is 0.0175. The summed E-state index contributed by atoms with van der Waals surface area (Å²) in [5.41, 5.74) is 2.63. The van der Waals surface area contributed by atoms with Gasteiger partial charge < -0.3 is 9.80 Å². The van der Waals surface area contributed by atoms with Crippen LogP contribution in [0.2, 0.25) is 5.02 Å². The van der Waals surface area contributed by atoms with Gasteiger partial charge in [-0.15, -0.1) is 11.3 Å². The van der Waals surface area contributed by atoms with Crippen molar-refractivity contribution < 1.29 is 18.4 Å². The predicted molar refractivity (Wildman–Crippen MR) is 115 cm³/mol. The van der Waals surface area contributed by atoms with Crippen molar-refractivity contribution in [1.82, 2.24) is 9.80 Å². The van der Waals surface area contributed by atoms with E-state index in [4.69, 9.17) is 11.6 Å². The molecule has 0 spiro atoms. The van der Waals surface area contributed by atoms with Crippen LogP contribution in [-0.2, 0) is 11.2 Å². The standard InChI is InChI=1S/C23H17ClF2N2O2S/c24-15-3-1-13-7-8-28-19(16(13)10-15)11-27(12-22(28)29)23(30)21-6-5-20(31-21)14-2-4-17(25)18(26)9-14/h1-6,9-10,19H,7-8,11-12H2. The molecule has 31 heavy (non-hydrogen) atoms. The maximum atomic E-state index is 13.6. The number of carbonyl (C=O) groups is 2. The smallest absolute Gasteiger partial charge is 0.264 e. The molecule has 158 valence electrons. The fraction of sp³-hybridized carbons (Fsp3) is 0.217. The summed E-state index contributed by atoms with van der Waals surface area (Å²) < 4.78 is 26.8. The molecule has 0 saturated carbocycles. The Balaban J connectivity index is 1.41. The van der Waals surface area contributed by atoms with Crippen LogP contribution in [-0.4, -0.2) is 41.2 Å². The Bertz CT molecular complexity index is 1210. The average Bonchev–Trinajstić information content (AvgIpc) is 3.25. The van der Waals surface area contributed by atoms with Crippen LogP contribution >= 0.6 is 22.9 Å². The number of halogens is 3.